The molecule has 2 aliphatic heterocycles. The van der Waals surface area contributed by atoms with Crippen LogP contribution in [0.25, 0.3) is 17.0 Å². The Morgan fingerprint density at radius 3 is 2.68 bits per heavy atom. The van der Waals surface area contributed by atoms with Crippen LogP contribution in [0.2, 0.25) is 5.02 Å². The molecule has 0 radical (unpaired) electrons. The Hall–Kier alpha value is -3.15. The number of hydrogen-bond acceptors (Lipinski definition) is 6. The van der Waals surface area contributed by atoms with Gasteiger partial charge in [0, 0.05) is 17.0 Å². The molecule has 1 unspecified atom stereocenters. The first-order chi connectivity index (χ1) is 17.5. The van der Waals surface area contributed by atoms with Crippen molar-refractivity contribution in [3.8, 4) is 0 Å². The normalized spacial score (nSPS) is 20.6. The summed E-state index contributed by atoms with van der Waals surface area (Å²) in [6.45, 7) is 0.684. The molecule has 2 amide bonds. The average Bonchev–Trinajstić information content (AvgIpc) is 3.34. The number of carbonyl (C=O) groups excluding carboxylic acids is 3. The highest BCUT2D eigenvalue weighted by Gasteiger charge is 2.43. The number of likely N-dealkylation sites (tertiary alicyclic amines) is 1. The molecule has 3 aromatic rings. The molecule has 3 heterocycles. The third-order valence-electron chi connectivity index (χ3n) is 6.38. The van der Waals surface area contributed by atoms with Gasteiger partial charge in [-0.3, -0.25) is 28.9 Å². The predicted octanol–water partition coefficient (Wildman–Crippen LogP) is 5.07. The van der Waals surface area contributed by atoms with Gasteiger partial charge in [0.25, 0.3) is 11.1 Å². The maximum absolute atomic E-state index is 13.5. The van der Waals surface area contributed by atoms with Crippen LogP contribution in [0.4, 0.5) is 18.0 Å². The van der Waals surface area contributed by atoms with Crippen LogP contribution >= 0.6 is 23.4 Å². The Kier molecular flexibility index (Phi) is 6.63. The molecule has 2 aromatic carbocycles. The summed E-state index contributed by atoms with van der Waals surface area (Å²) in [5.74, 6) is -0.670. The molecular formula is C25H20ClF3N4O3S. The van der Waals surface area contributed by atoms with Crippen molar-refractivity contribution in [2.75, 3.05) is 20.1 Å². The van der Waals surface area contributed by atoms with E-state index in [1.807, 2.05) is 11.9 Å². The molecule has 1 atom stereocenters. The number of aromatic nitrogens is 2. The largest absolute Gasteiger partial charge is 0.416 e. The maximum atomic E-state index is 13.5. The zero-order chi connectivity index (χ0) is 26.5. The van der Waals surface area contributed by atoms with Crippen LogP contribution in [0.15, 0.2) is 47.5 Å². The fourth-order valence-corrected chi connectivity index (χ4v) is 5.61. The summed E-state index contributed by atoms with van der Waals surface area (Å²) in [4.78, 5) is 41.1. The van der Waals surface area contributed by atoms with E-state index in [1.54, 1.807) is 24.3 Å². The Morgan fingerprint density at radius 2 is 1.95 bits per heavy atom. The number of imide groups is 1. The summed E-state index contributed by atoms with van der Waals surface area (Å²) in [6, 6.07) is 8.00. The lowest BCUT2D eigenvalue weighted by atomic mass is 10.0. The summed E-state index contributed by atoms with van der Waals surface area (Å²) < 4.78 is 41.9. The second-order valence-electron chi connectivity index (χ2n) is 8.98. The smallest absolute Gasteiger partial charge is 0.299 e. The number of benzene rings is 2. The second-order valence-corrected chi connectivity index (χ2v) is 10.4. The number of thioether (sulfide) groups is 1. The van der Waals surface area contributed by atoms with E-state index < -0.39 is 28.9 Å². The summed E-state index contributed by atoms with van der Waals surface area (Å²) in [6.07, 6.45) is -1.06. The number of fused-ring (bicyclic) bond motifs is 1. The van der Waals surface area contributed by atoms with Crippen molar-refractivity contribution in [2.24, 2.45) is 0 Å². The Bertz CT molecular complexity index is 1470. The van der Waals surface area contributed by atoms with Crippen LogP contribution in [0.3, 0.4) is 0 Å². The number of hydrogen-bond donors (Lipinski definition) is 0. The first-order valence-electron chi connectivity index (χ1n) is 11.3. The van der Waals surface area contributed by atoms with Gasteiger partial charge < -0.3 is 0 Å². The zero-order valence-electron chi connectivity index (χ0n) is 19.5. The van der Waals surface area contributed by atoms with E-state index >= 15 is 0 Å². The lowest BCUT2D eigenvalue weighted by Crippen LogP contribution is -2.52. The summed E-state index contributed by atoms with van der Waals surface area (Å²) in [5, 5.41) is 4.42. The van der Waals surface area contributed by atoms with Crippen molar-refractivity contribution in [3.05, 3.63) is 69.2 Å². The zero-order valence-corrected chi connectivity index (χ0v) is 21.0. The van der Waals surface area contributed by atoms with E-state index in [0.29, 0.717) is 29.4 Å². The number of Topliss-reactive ketones (excluding diaryl/α,β-unsaturated/α-hetero) is 1. The highest BCUT2D eigenvalue weighted by molar-refractivity contribution is 8.18. The number of amides is 2. The SMILES string of the molecule is CN1CCC(N2C(=O)S/C(=C\c3ccc4c(cnn4Cc4ccc(Cl)cc4C(F)(F)F)c3)C2=O)C(=O)C1. The van der Waals surface area contributed by atoms with Gasteiger partial charge in [-0.1, -0.05) is 23.7 Å². The molecule has 1 aromatic heterocycles. The molecule has 7 nitrogen and oxygen atoms in total. The van der Waals surface area contributed by atoms with Gasteiger partial charge in [0.05, 0.1) is 35.3 Å². The Labute approximate surface area is 218 Å². The number of rotatable bonds is 4. The molecule has 12 heteroatoms. The van der Waals surface area contributed by atoms with Crippen LogP contribution in [0, 0.1) is 0 Å². The van der Waals surface area contributed by atoms with Gasteiger partial charge in [0.1, 0.15) is 6.04 Å². The van der Waals surface area contributed by atoms with E-state index in [4.69, 9.17) is 11.6 Å². The van der Waals surface area contributed by atoms with Crippen LogP contribution in [0.1, 0.15) is 23.1 Å². The average molecular weight is 549 g/mol. The van der Waals surface area contributed by atoms with Gasteiger partial charge in [-0.2, -0.15) is 18.3 Å². The fraction of sp³-hybridized carbons (Fsp3) is 0.280. The van der Waals surface area contributed by atoms with Gasteiger partial charge in [-0.15, -0.1) is 0 Å². The molecule has 192 valence electrons. The minimum absolute atomic E-state index is 0.00403. The Balaban J connectivity index is 1.39. The number of halogens is 4. The van der Waals surface area contributed by atoms with Crippen LogP contribution < -0.4 is 0 Å². The molecule has 0 bridgehead atoms. The van der Waals surface area contributed by atoms with Crippen molar-refractivity contribution in [2.45, 2.75) is 25.2 Å². The fourth-order valence-electron chi connectivity index (χ4n) is 4.56. The molecule has 2 fully saturated rings. The van der Waals surface area contributed by atoms with Gasteiger partial charge in [-0.05, 0) is 66.7 Å². The van der Waals surface area contributed by atoms with E-state index in [1.165, 1.54) is 23.0 Å². The monoisotopic (exact) mass is 548 g/mol. The lowest BCUT2D eigenvalue weighted by molar-refractivity contribution is -0.138. The third-order valence-corrected chi connectivity index (χ3v) is 7.50. The van der Waals surface area contributed by atoms with Crippen molar-refractivity contribution < 1.29 is 27.6 Å². The van der Waals surface area contributed by atoms with E-state index in [2.05, 4.69) is 5.10 Å². The first-order valence-corrected chi connectivity index (χ1v) is 12.5. The highest BCUT2D eigenvalue weighted by Crippen LogP contribution is 2.36. The van der Waals surface area contributed by atoms with E-state index in [0.717, 1.165) is 22.7 Å². The lowest BCUT2D eigenvalue weighted by Gasteiger charge is -2.31. The predicted molar refractivity (Wildman–Crippen MR) is 134 cm³/mol. The minimum Gasteiger partial charge on any atom is -0.299 e. The number of piperidine rings is 1. The van der Waals surface area contributed by atoms with Crippen molar-refractivity contribution in [3.63, 3.8) is 0 Å². The van der Waals surface area contributed by atoms with Crippen LogP contribution in [0.5, 0.6) is 0 Å². The number of ketones is 1. The molecule has 0 N–H and O–H groups in total. The molecule has 0 saturated carbocycles. The summed E-state index contributed by atoms with van der Waals surface area (Å²) in [5.41, 5.74) is 0.433. The molecule has 0 spiro atoms. The van der Waals surface area contributed by atoms with Crippen LogP contribution in [-0.2, 0) is 22.3 Å². The third kappa shape index (κ3) is 5.03. The maximum Gasteiger partial charge on any atom is 0.416 e. The molecule has 5 rings (SSSR count). The quantitative estimate of drug-likeness (QED) is 0.424. The first kappa shape index (κ1) is 25.5. The summed E-state index contributed by atoms with van der Waals surface area (Å²) in [7, 11) is 1.81. The van der Waals surface area contributed by atoms with Crippen molar-refractivity contribution in [1.82, 2.24) is 19.6 Å². The van der Waals surface area contributed by atoms with E-state index in [9.17, 15) is 27.6 Å². The molecule has 2 saturated heterocycles. The number of nitrogens with zero attached hydrogens (tertiary/aromatic N) is 4. The number of alkyl halides is 3. The number of carbonyl (C=O) groups is 3. The molecule has 2 aliphatic rings. The summed E-state index contributed by atoms with van der Waals surface area (Å²) >= 11 is 6.56. The van der Waals surface area contributed by atoms with Gasteiger partial charge in [0.2, 0.25) is 0 Å². The molecule has 37 heavy (non-hydrogen) atoms. The minimum atomic E-state index is -4.56. The van der Waals surface area contributed by atoms with Gasteiger partial charge in [0.15, 0.2) is 5.78 Å². The standard InChI is InChI=1S/C25H20ClF3N4O3S/c1-31-7-6-20(21(34)13-31)33-23(35)22(37-24(33)36)9-14-2-5-19-16(8-14)11-30-32(19)12-15-3-4-17(26)10-18(15)25(27,28)29/h2-5,8-11,20H,6-7,12-13H2,1H3/b22-9-. The van der Waals surface area contributed by atoms with Gasteiger partial charge in [-0.25, -0.2) is 0 Å². The number of likely N-dealkylation sites (N-methyl/N-ethyl adjacent to an activating group) is 1. The van der Waals surface area contributed by atoms with E-state index in [-0.39, 0.29) is 34.4 Å². The van der Waals surface area contributed by atoms with Crippen LogP contribution in [-0.4, -0.2) is 62.7 Å². The Morgan fingerprint density at radius 1 is 1.16 bits per heavy atom. The van der Waals surface area contributed by atoms with Gasteiger partial charge >= 0.3 is 6.18 Å². The molecular weight excluding hydrogens is 529 g/mol. The van der Waals surface area contributed by atoms with Crippen molar-refractivity contribution in [1.29, 1.82) is 0 Å². The molecule has 0 aliphatic carbocycles. The second kappa shape index (κ2) is 9.62. The van der Waals surface area contributed by atoms with Crippen molar-refractivity contribution >= 4 is 57.3 Å². The topological polar surface area (TPSA) is 75.5 Å². The highest BCUT2D eigenvalue weighted by atomic mass is 35.5.